The predicted octanol–water partition coefficient (Wildman–Crippen LogP) is 2.94. The minimum Gasteiger partial charge on any atom is -0.341 e. The number of H-pyrrole nitrogens is 1. The number of hydrogen-bond donors (Lipinski definition) is 1. The molecule has 1 amide bonds. The third kappa shape index (κ3) is 4.74. The van der Waals surface area contributed by atoms with E-state index in [9.17, 15) is 4.79 Å². The Morgan fingerprint density at radius 2 is 2.15 bits per heavy atom. The van der Waals surface area contributed by atoms with Gasteiger partial charge in [-0.3, -0.25) is 9.89 Å². The lowest BCUT2D eigenvalue weighted by atomic mass is 10.3. The second kappa shape index (κ2) is 7.75. The van der Waals surface area contributed by atoms with Gasteiger partial charge in [-0.25, -0.2) is 0 Å². The SMILES string of the molecule is CN(Cc1cn[nH]c1)C(=O)CCCSc1ccccc1. The number of thioether (sulfide) groups is 1. The van der Waals surface area contributed by atoms with Crippen LogP contribution in [0.4, 0.5) is 0 Å². The van der Waals surface area contributed by atoms with Gasteiger partial charge >= 0.3 is 0 Å². The van der Waals surface area contributed by atoms with Crippen LogP contribution in [0, 0.1) is 0 Å². The van der Waals surface area contributed by atoms with E-state index in [1.165, 1.54) is 4.90 Å². The van der Waals surface area contributed by atoms with Gasteiger partial charge in [0.1, 0.15) is 0 Å². The average molecular weight is 289 g/mol. The van der Waals surface area contributed by atoms with Crippen molar-refractivity contribution < 1.29 is 4.79 Å². The number of aromatic nitrogens is 2. The molecule has 0 spiro atoms. The van der Waals surface area contributed by atoms with Crippen molar-refractivity contribution in [2.24, 2.45) is 0 Å². The van der Waals surface area contributed by atoms with Gasteiger partial charge in [0, 0.05) is 36.7 Å². The van der Waals surface area contributed by atoms with Crippen molar-refractivity contribution >= 4 is 17.7 Å². The molecule has 0 fully saturated rings. The molecule has 0 aliphatic heterocycles. The number of benzene rings is 1. The van der Waals surface area contributed by atoms with Crippen LogP contribution < -0.4 is 0 Å². The minimum atomic E-state index is 0.180. The number of carbonyl (C=O) groups is 1. The number of rotatable bonds is 7. The summed E-state index contributed by atoms with van der Waals surface area (Å²) >= 11 is 1.79. The second-order valence-electron chi connectivity index (χ2n) is 4.62. The molecule has 1 heterocycles. The molecule has 1 aromatic heterocycles. The van der Waals surface area contributed by atoms with Crippen molar-refractivity contribution in [2.75, 3.05) is 12.8 Å². The highest BCUT2D eigenvalue weighted by atomic mass is 32.2. The Bertz CT molecular complexity index is 513. The number of nitrogens with one attached hydrogen (secondary N) is 1. The number of aromatic amines is 1. The fraction of sp³-hybridized carbons (Fsp3) is 0.333. The normalized spacial score (nSPS) is 10.4. The van der Waals surface area contributed by atoms with Crippen LogP contribution >= 0.6 is 11.8 Å². The van der Waals surface area contributed by atoms with E-state index in [0.29, 0.717) is 13.0 Å². The lowest BCUT2D eigenvalue weighted by Crippen LogP contribution is -2.25. The highest BCUT2D eigenvalue weighted by molar-refractivity contribution is 7.99. The van der Waals surface area contributed by atoms with Gasteiger partial charge in [-0.05, 0) is 24.3 Å². The van der Waals surface area contributed by atoms with Crippen LogP contribution in [0.15, 0.2) is 47.6 Å². The molecule has 0 saturated carbocycles. The quantitative estimate of drug-likeness (QED) is 0.630. The first-order chi connectivity index (χ1) is 9.75. The average Bonchev–Trinajstić information content (AvgIpc) is 2.97. The summed E-state index contributed by atoms with van der Waals surface area (Å²) in [4.78, 5) is 15.0. The summed E-state index contributed by atoms with van der Waals surface area (Å²) in [5.41, 5.74) is 1.03. The van der Waals surface area contributed by atoms with Gasteiger partial charge in [-0.2, -0.15) is 5.10 Å². The summed E-state index contributed by atoms with van der Waals surface area (Å²) in [5, 5.41) is 6.63. The van der Waals surface area contributed by atoms with Crippen LogP contribution in [-0.2, 0) is 11.3 Å². The number of amides is 1. The summed E-state index contributed by atoms with van der Waals surface area (Å²) in [6, 6.07) is 10.3. The minimum absolute atomic E-state index is 0.180. The van der Waals surface area contributed by atoms with Gasteiger partial charge in [0.15, 0.2) is 0 Å². The van der Waals surface area contributed by atoms with Gasteiger partial charge in [0.05, 0.1) is 6.20 Å². The summed E-state index contributed by atoms with van der Waals surface area (Å²) in [5.74, 6) is 1.15. The Kier molecular flexibility index (Phi) is 5.68. The van der Waals surface area contributed by atoms with Crippen molar-refractivity contribution in [1.82, 2.24) is 15.1 Å². The Labute approximate surface area is 123 Å². The third-order valence-electron chi connectivity index (χ3n) is 2.95. The van der Waals surface area contributed by atoms with Crippen molar-refractivity contribution in [3.63, 3.8) is 0 Å². The van der Waals surface area contributed by atoms with Crippen molar-refractivity contribution in [3.8, 4) is 0 Å². The summed E-state index contributed by atoms with van der Waals surface area (Å²) < 4.78 is 0. The highest BCUT2D eigenvalue weighted by Gasteiger charge is 2.09. The van der Waals surface area contributed by atoms with Crippen molar-refractivity contribution in [3.05, 3.63) is 48.3 Å². The maximum Gasteiger partial charge on any atom is 0.222 e. The van der Waals surface area contributed by atoms with Gasteiger partial charge in [0.25, 0.3) is 0 Å². The van der Waals surface area contributed by atoms with Gasteiger partial charge < -0.3 is 4.90 Å². The molecule has 20 heavy (non-hydrogen) atoms. The standard InChI is InChI=1S/C15H19N3OS/c1-18(12-13-10-16-17-11-13)15(19)8-5-9-20-14-6-3-2-4-7-14/h2-4,6-7,10-11H,5,8-9,12H2,1H3,(H,16,17). The van der Waals surface area contributed by atoms with E-state index < -0.39 is 0 Å². The molecule has 0 bridgehead atoms. The Morgan fingerprint density at radius 1 is 1.35 bits per heavy atom. The topological polar surface area (TPSA) is 49.0 Å². The first kappa shape index (κ1) is 14.7. The molecule has 0 radical (unpaired) electrons. The van der Waals surface area contributed by atoms with Gasteiger partial charge in [0.2, 0.25) is 5.91 Å². The largest absolute Gasteiger partial charge is 0.341 e. The molecular formula is C15H19N3OS. The number of hydrogen-bond acceptors (Lipinski definition) is 3. The molecular weight excluding hydrogens is 270 g/mol. The van der Waals surface area contributed by atoms with Crippen LogP contribution in [0.25, 0.3) is 0 Å². The molecule has 0 aliphatic carbocycles. The smallest absolute Gasteiger partial charge is 0.222 e. The van der Waals surface area contributed by atoms with Crippen LogP contribution in [0.1, 0.15) is 18.4 Å². The lowest BCUT2D eigenvalue weighted by molar-refractivity contribution is -0.130. The molecule has 106 valence electrons. The van der Waals surface area contributed by atoms with E-state index in [0.717, 1.165) is 17.7 Å². The maximum absolute atomic E-state index is 12.0. The Balaban J connectivity index is 1.65. The molecule has 1 N–H and O–H groups in total. The first-order valence-corrected chi connectivity index (χ1v) is 7.64. The van der Waals surface area contributed by atoms with E-state index in [1.807, 2.05) is 31.4 Å². The van der Waals surface area contributed by atoms with E-state index >= 15 is 0 Å². The van der Waals surface area contributed by atoms with E-state index in [4.69, 9.17) is 0 Å². The van der Waals surface area contributed by atoms with Crippen molar-refractivity contribution in [1.29, 1.82) is 0 Å². The molecule has 5 heteroatoms. The Hall–Kier alpha value is -1.75. The fourth-order valence-electron chi connectivity index (χ4n) is 1.85. The summed E-state index contributed by atoms with van der Waals surface area (Å²) in [6.45, 7) is 0.612. The second-order valence-corrected chi connectivity index (χ2v) is 5.79. The third-order valence-corrected chi connectivity index (χ3v) is 4.05. The summed E-state index contributed by atoms with van der Waals surface area (Å²) in [6.07, 6.45) is 5.05. The molecule has 2 aromatic rings. The van der Waals surface area contributed by atoms with Gasteiger partial charge in [-0.15, -0.1) is 11.8 Å². The monoisotopic (exact) mass is 289 g/mol. The molecule has 0 atom stereocenters. The maximum atomic E-state index is 12.0. The van der Waals surface area contributed by atoms with Crippen LogP contribution in [0.5, 0.6) is 0 Å². The molecule has 1 aromatic carbocycles. The molecule has 0 unspecified atom stereocenters. The zero-order chi connectivity index (χ0) is 14.2. The predicted molar refractivity (Wildman–Crippen MR) is 81.5 cm³/mol. The molecule has 0 aliphatic rings. The zero-order valence-electron chi connectivity index (χ0n) is 11.6. The summed E-state index contributed by atoms with van der Waals surface area (Å²) in [7, 11) is 1.83. The fourth-order valence-corrected chi connectivity index (χ4v) is 2.72. The number of carbonyl (C=O) groups excluding carboxylic acids is 1. The van der Waals surface area contributed by atoms with E-state index in [2.05, 4.69) is 22.3 Å². The van der Waals surface area contributed by atoms with Crippen LogP contribution in [-0.4, -0.2) is 33.8 Å². The molecule has 4 nitrogen and oxygen atoms in total. The lowest BCUT2D eigenvalue weighted by Gasteiger charge is -2.15. The van der Waals surface area contributed by atoms with Crippen LogP contribution in [0.2, 0.25) is 0 Å². The highest BCUT2D eigenvalue weighted by Crippen LogP contribution is 2.18. The van der Waals surface area contributed by atoms with Crippen LogP contribution in [0.3, 0.4) is 0 Å². The Morgan fingerprint density at radius 3 is 2.85 bits per heavy atom. The first-order valence-electron chi connectivity index (χ1n) is 6.65. The number of nitrogens with zero attached hydrogens (tertiary/aromatic N) is 2. The zero-order valence-corrected chi connectivity index (χ0v) is 12.4. The van der Waals surface area contributed by atoms with E-state index in [-0.39, 0.29) is 5.91 Å². The van der Waals surface area contributed by atoms with Gasteiger partial charge in [-0.1, -0.05) is 18.2 Å². The molecule has 2 rings (SSSR count). The van der Waals surface area contributed by atoms with E-state index in [1.54, 1.807) is 22.9 Å². The molecule has 0 saturated heterocycles. The van der Waals surface area contributed by atoms with Crippen molar-refractivity contribution in [2.45, 2.75) is 24.3 Å².